The van der Waals surface area contributed by atoms with Crippen LogP contribution in [0.25, 0.3) is 0 Å². The third-order valence-electron chi connectivity index (χ3n) is 4.09. The third-order valence-corrected chi connectivity index (χ3v) is 4.09. The van der Waals surface area contributed by atoms with Crippen LogP contribution in [0, 0.1) is 5.41 Å². The normalized spacial score (nSPS) is 46.1. The first-order chi connectivity index (χ1) is 5.68. The fourth-order valence-corrected chi connectivity index (χ4v) is 2.78. The van der Waals surface area contributed by atoms with Crippen molar-refractivity contribution in [2.75, 3.05) is 26.2 Å². The van der Waals surface area contributed by atoms with Crippen molar-refractivity contribution in [3.63, 3.8) is 0 Å². The van der Waals surface area contributed by atoms with E-state index in [0.717, 1.165) is 0 Å². The monoisotopic (exact) mass is 166 g/mol. The van der Waals surface area contributed by atoms with Gasteiger partial charge in [-0.2, -0.15) is 0 Å². The van der Waals surface area contributed by atoms with E-state index in [9.17, 15) is 0 Å². The summed E-state index contributed by atoms with van der Waals surface area (Å²) in [7, 11) is 0. The Hall–Kier alpha value is -0.300. The van der Waals surface area contributed by atoms with Gasteiger partial charge in [0.05, 0.1) is 26.2 Å². The Balaban J connectivity index is 2.08. The first kappa shape index (κ1) is 8.31. The molecule has 2 bridgehead atoms. The third kappa shape index (κ3) is 1.20. The number of piperidine rings is 3. The molecule has 3 aliphatic rings. The lowest BCUT2D eigenvalue weighted by atomic mass is 9.72. The van der Waals surface area contributed by atoms with Gasteiger partial charge in [-0.15, -0.1) is 0 Å². The molecule has 0 saturated carbocycles. The molecule has 0 amide bonds. The maximum absolute atomic E-state index is 3.87. The summed E-state index contributed by atoms with van der Waals surface area (Å²) >= 11 is 0. The Morgan fingerprint density at radius 3 is 2.17 bits per heavy atom. The van der Waals surface area contributed by atoms with E-state index >= 15 is 0 Å². The quantitative estimate of drug-likeness (QED) is 0.436. The van der Waals surface area contributed by atoms with Gasteiger partial charge in [0.2, 0.25) is 0 Å². The molecule has 0 aromatic carbocycles. The van der Waals surface area contributed by atoms with Crippen molar-refractivity contribution in [3.05, 3.63) is 12.7 Å². The molecule has 1 nitrogen and oxygen atoms in total. The minimum Gasteiger partial charge on any atom is -0.320 e. The maximum Gasteiger partial charge on any atom is 0.0971 e. The van der Waals surface area contributed by atoms with Crippen molar-refractivity contribution in [2.45, 2.75) is 26.2 Å². The predicted molar refractivity (Wildman–Crippen MR) is 51.9 cm³/mol. The molecule has 3 aliphatic heterocycles. The second-order valence-corrected chi connectivity index (χ2v) is 5.04. The molecule has 0 N–H and O–H groups in total. The molecule has 68 valence electrons. The Labute approximate surface area is 75.7 Å². The van der Waals surface area contributed by atoms with Crippen molar-refractivity contribution in [1.82, 2.24) is 0 Å². The Morgan fingerprint density at radius 2 is 1.75 bits per heavy atom. The summed E-state index contributed by atoms with van der Waals surface area (Å²) in [5, 5.41) is 0. The number of rotatable bonds is 2. The molecule has 3 heterocycles. The summed E-state index contributed by atoms with van der Waals surface area (Å²) in [6.07, 6.45) is 6.44. The lowest BCUT2D eigenvalue weighted by molar-refractivity contribution is -0.940. The van der Waals surface area contributed by atoms with E-state index < -0.39 is 0 Å². The highest BCUT2D eigenvalue weighted by atomic mass is 15.4. The molecule has 0 atom stereocenters. The van der Waals surface area contributed by atoms with E-state index in [-0.39, 0.29) is 0 Å². The second-order valence-electron chi connectivity index (χ2n) is 5.04. The van der Waals surface area contributed by atoms with Gasteiger partial charge in [-0.05, 0) is 11.5 Å². The van der Waals surface area contributed by atoms with Gasteiger partial charge in [-0.3, -0.25) is 0 Å². The van der Waals surface area contributed by atoms with Gasteiger partial charge in [0.25, 0.3) is 0 Å². The van der Waals surface area contributed by atoms with Crippen molar-refractivity contribution in [1.29, 1.82) is 0 Å². The molecule has 0 spiro atoms. The number of nitrogens with zero attached hydrogens (tertiary/aromatic N) is 1. The van der Waals surface area contributed by atoms with E-state index in [1.807, 2.05) is 0 Å². The molecule has 0 radical (unpaired) electrons. The molecular weight excluding hydrogens is 146 g/mol. The maximum atomic E-state index is 3.87. The van der Waals surface area contributed by atoms with Crippen molar-refractivity contribution < 1.29 is 4.48 Å². The zero-order valence-electron chi connectivity index (χ0n) is 8.18. The highest BCUT2D eigenvalue weighted by Gasteiger charge is 2.45. The minimum absolute atomic E-state index is 0.709. The Kier molecular flexibility index (Phi) is 1.80. The van der Waals surface area contributed by atoms with Gasteiger partial charge >= 0.3 is 0 Å². The van der Waals surface area contributed by atoms with E-state index in [4.69, 9.17) is 0 Å². The molecular formula is C11H20N+. The van der Waals surface area contributed by atoms with Gasteiger partial charge < -0.3 is 4.48 Å². The van der Waals surface area contributed by atoms with Crippen LogP contribution in [0.3, 0.4) is 0 Å². The second kappa shape index (κ2) is 2.59. The summed E-state index contributed by atoms with van der Waals surface area (Å²) < 4.78 is 1.35. The summed E-state index contributed by atoms with van der Waals surface area (Å²) in [6.45, 7) is 11.8. The average Bonchev–Trinajstić information content (AvgIpc) is 2.08. The van der Waals surface area contributed by atoms with Crippen LogP contribution in [0.5, 0.6) is 0 Å². The standard InChI is InChI=1S/C11H20N/c1-3-7-12-8-4-11(2,5-9-12)6-10-12/h3H,1,4-10H2,2H3/q+1. The number of quaternary nitrogens is 1. The van der Waals surface area contributed by atoms with Crippen LogP contribution < -0.4 is 0 Å². The smallest absolute Gasteiger partial charge is 0.0971 e. The zero-order valence-corrected chi connectivity index (χ0v) is 8.18. The Morgan fingerprint density at radius 1 is 1.25 bits per heavy atom. The lowest BCUT2D eigenvalue weighted by Gasteiger charge is -2.53. The van der Waals surface area contributed by atoms with Crippen LogP contribution in [0.4, 0.5) is 0 Å². The highest BCUT2D eigenvalue weighted by Crippen LogP contribution is 2.43. The van der Waals surface area contributed by atoms with Gasteiger partial charge in [0, 0.05) is 19.3 Å². The molecule has 0 aliphatic carbocycles. The van der Waals surface area contributed by atoms with Crippen molar-refractivity contribution in [3.8, 4) is 0 Å². The van der Waals surface area contributed by atoms with Gasteiger partial charge in [-0.25, -0.2) is 0 Å². The minimum atomic E-state index is 0.709. The van der Waals surface area contributed by atoms with E-state index in [0.29, 0.717) is 5.41 Å². The Bertz CT molecular complexity index is 171. The molecule has 3 saturated heterocycles. The van der Waals surface area contributed by atoms with Crippen LogP contribution in [0.2, 0.25) is 0 Å². The molecule has 1 heteroatoms. The average molecular weight is 166 g/mol. The van der Waals surface area contributed by atoms with Crippen LogP contribution >= 0.6 is 0 Å². The van der Waals surface area contributed by atoms with Gasteiger partial charge in [0.15, 0.2) is 0 Å². The number of hydrogen-bond acceptors (Lipinski definition) is 0. The molecule has 0 unspecified atom stereocenters. The first-order valence-corrected chi connectivity index (χ1v) is 5.14. The van der Waals surface area contributed by atoms with Crippen LogP contribution in [-0.2, 0) is 0 Å². The van der Waals surface area contributed by atoms with Crippen molar-refractivity contribution in [2.24, 2.45) is 5.41 Å². The first-order valence-electron chi connectivity index (χ1n) is 5.14. The topological polar surface area (TPSA) is 0 Å². The molecule has 12 heavy (non-hydrogen) atoms. The van der Waals surface area contributed by atoms with Gasteiger partial charge in [-0.1, -0.05) is 13.5 Å². The zero-order chi connectivity index (χ0) is 8.66. The fraction of sp³-hybridized carbons (Fsp3) is 0.818. The van der Waals surface area contributed by atoms with Crippen LogP contribution in [0.15, 0.2) is 12.7 Å². The van der Waals surface area contributed by atoms with Crippen LogP contribution in [-0.4, -0.2) is 30.7 Å². The predicted octanol–water partition coefficient (Wildman–Crippen LogP) is 2.19. The summed E-state index contributed by atoms with van der Waals surface area (Å²) in [4.78, 5) is 0. The van der Waals surface area contributed by atoms with Gasteiger partial charge in [0.1, 0.15) is 0 Å². The largest absolute Gasteiger partial charge is 0.320 e. The summed E-state index contributed by atoms with van der Waals surface area (Å²) in [6, 6.07) is 0. The summed E-state index contributed by atoms with van der Waals surface area (Å²) in [5.74, 6) is 0. The SMILES string of the molecule is C=CC[N+]12CCC(C)(CC1)CC2. The molecule has 0 aromatic rings. The van der Waals surface area contributed by atoms with E-state index in [2.05, 4.69) is 19.6 Å². The molecule has 0 aromatic heterocycles. The number of fused-ring (bicyclic) bond motifs is 3. The summed E-state index contributed by atoms with van der Waals surface area (Å²) in [5.41, 5.74) is 0.709. The highest BCUT2D eigenvalue weighted by molar-refractivity contribution is 4.84. The number of hydrogen-bond donors (Lipinski definition) is 0. The fourth-order valence-electron chi connectivity index (χ4n) is 2.78. The lowest BCUT2D eigenvalue weighted by Crippen LogP contribution is -2.60. The van der Waals surface area contributed by atoms with E-state index in [1.54, 1.807) is 0 Å². The van der Waals surface area contributed by atoms with E-state index in [1.165, 1.54) is 49.9 Å². The van der Waals surface area contributed by atoms with Crippen molar-refractivity contribution >= 4 is 0 Å². The molecule has 3 rings (SSSR count). The van der Waals surface area contributed by atoms with Crippen LogP contribution in [0.1, 0.15) is 26.2 Å². The molecule has 3 fully saturated rings.